The topological polar surface area (TPSA) is 0 Å². The lowest BCUT2D eigenvalue weighted by Crippen LogP contribution is -1.81. The van der Waals surface area contributed by atoms with Crippen LogP contribution in [0.15, 0.2) is 0 Å². The third-order valence-electron chi connectivity index (χ3n) is 0.611. The van der Waals surface area contributed by atoms with E-state index < -0.39 is 0 Å². The van der Waals surface area contributed by atoms with Gasteiger partial charge in [0.2, 0.25) is 0 Å². The Balaban J connectivity index is 2.34. The molecule has 0 aromatic rings. The Kier molecular flexibility index (Phi) is 5.79. The molecule has 0 aromatic heterocycles. The molecule has 0 N–H and O–H groups in total. The predicted octanol–water partition coefficient (Wildman–Crippen LogP) is 1.52. The third kappa shape index (κ3) is 4.41. The lowest BCUT2D eigenvalue weighted by molar-refractivity contribution is 1.48. The van der Waals surface area contributed by atoms with Crippen molar-refractivity contribution in [2.24, 2.45) is 0 Å². The second-order valence-corrected chi connectivity index (χ2v) is 2.18. The monoisotopic (exact) mass is 101 g/mol. The van der Waals surface area contributed by atoms with Gasteiger partial charge in [0, 0.05) is 0 Å². The Bertz CT molecular complexity index is 19.5. The summed E-state index contributed by atoms with van der Waals surface area (Å²) in [5, 5.41) is 0. The van der Waals surface area contributed by atoms with E-state index in [0.29, 0.717) is 0 Å². The van der Waals surface area contributed by atoms with Gasteiger partial charge in [0.1, 0.15) is 7.28 Å². The van der Waals surface area contributed by atoms with Gasteiger partial charge < -0.3 is 0 Å². The molecule has 1 radical (unpaired) electrons. The van der Waals surface area contributed by atoms with Gasteiger partial charge >= 0.3 is 0 Å². The van der Waals surface area contributed by atoms with Gasteiger partial charge in [-0.15, -0.1) is 0 Å². The maximum atomic E-state index is 2.19. The minimum Gasteiger partial charge on any atom is -0.166 e. The van der Waals surface area contributed by atoms with Crippen molar-refractivity contribution in [2.75, 3.05) is 12.0 Å². The van der Waals surface area contributed by atoms with E-state index in [1.54, 1.807) is 0 Å². The molecular formula is C4H10BS. The molecule has 0 bridgehead atoms. The van der Waals surface area contributed by atoms with Crippen molar-refractivity contribution in [1.29, 1.82) is 0 Å². The van der Waals surface area contributed by atoms with Crippen LogP contribution >= 0.6 is 11.8 Å². The Morgan fingerprint density at radius 3 is 2.50 bits per heavy atom. The van der Waals surface area contributed by atoms with Crippen molar-refractivity contribution < 1.29 is 0 Å². The summed E-state index contributed by atoms with van der Waals surface area (Å²) in [4.78, 5) is 0. The molecular weight excluding hydrogens is 90.9 g/mol. The number of thioether (sulfide) groups is 1. The molecule has 0 aromatic carbocycles. The number of rotatable bonds is 3. The zero-order valence-electron chi connectivity index (χ0n) is 4.40. The zero-order chi connectivity index (χ0) is 4.83. The number of hydrogen-bond donors (Lipinski definition) is 0. The van der Waals surface area contributed by atoms with Gasteiger partial charge in [-0.3, -0.25) is 0 Å². The third-order valence-corrected chi connectivity index (χ3v) is 1.25. The highest BCUT2D eigenvalue weighted by Crippen LogP contribution is 1.93. The van der Waals surface area contributed by atoms with Crippen LogP contribution in [0.1, 0.15) is 0 Å². The van der Waals surface area contributed by atoms with E-state index in [0.717, 1.165) is 0 Å². The second-order valence-electron chi connectivity index (χ2n) is 1.19. The average Bonchev–Trinajstić information content (AvgIpc) is 1.61. The highest BCUT2D eigenvalue weighted by Gasteiger charge is 1.77. The fourth-order valence-corrected chi connectivity index (χ4v) is 0.707. The van der Waals surface area contributed by atoms with E-state index in [9.17, 15) is 0 Å². The largest absolute Gasteiger partial charge is 0.166 e. The first-order valence-corrected chi connectivity index (χ1v) is 3.58. The minimum absolute atomic E-state index is 1.25. The fourth-order valence-electron chi connectivity index (χ4n) is 0.236. The summed E-state index contributed by atoms with van der Waals surface area (Å²) < 4.78 is 0. The molecule has 0 rings (SSSR count). The van der Waals surface area contributed by atoms with Crippen LogP contribution in [0.5, 0.6) is 0 Å². The highest BCUT2D eigenvalue weighted by atomic mass is 32.2. The molecule has 0 aliphatic rings. The summed E-state index contributed by atoms with van der Waals surface area (Å²) >= 11 is 1.89. The highest BCUT2D eigenvalue weighted by molar-refractivity contribution is 7.98. The lowest BCUT2D eigenvalue weighted by Gasteiger charge is -1.85. The normalized spacial score (nSPS) is 8.33. The van der Waals surface area contributed by atoms with Gasteiger partial charge in [-0.2, -0.15) is 11.8 Å². The van der Waals surface area contributed by atoms with Gasteiger partial charge in [0.05, 0.1) is 0 Å². The Labute approximate surface area is 44.9 Å². The summed E-state index contributed by atoms with van der Waals surface area (Å²) in [5.74, 6) is 1.27. The quantitative estimate of drug-likeness (QED) is 0.383. The first-order chi connectivity index (χ1) is 2.91. The maximum Gasteiger partial charge on any atom is 0.106 e. The lowest BCUT2D eigenvalue weighted by atomic mass is 9.79. The van der Waals surface area contributed by atoms with E-state index in [1.807, 2.05) is 11.8 Å². The first kappa shape index (κ1) is 6.41. The van der Waals surface area contributed by atoms with E-state index in [1.165, 1.54) is 12.1 Å². The molecule has 0 fully saturated rings. The molecule has 0 spiro atoms. The van der Waals surface area contributed by atoms with Crippen LogP contribution in [0, 0.1) is 0 Å². The van der Waals surface area contributed by atoms with Crippen molar-refractivity contribution in [3.8, 4) is 0 Å². The van der Waals surface area contributed by atoms with Crippen LogP contribution in [-0.4, -0.2) is 19.3 Å². The van der Waals surface area contributed by atoms with Crippen molar-refractivity contribution in [3.63, 3.8) is 0 Å². The molecule has 0 aliphatic heterocycles. The van der Waals surface area contributed by atoms with Crippen molar-refractivity contribution in [3.05, 3.63) is 0 Å². The molecule has 0 heterocycles. The van der Waals surface area contributed by atoms with Gasteiger partial charge in [-0.25, -0.2) is 0 Å². The molecule has 6 heavy (non-hydrogen) atoms. The Hall–Kier alpha value is 0.415. The van der Waals surface area contributed by atoms with Crippen LogP contribution < -0.4 is 0 Å². The van der Waals surface area contributed by atoms with Crippen LogP contribution in [0.3, 0.4) is 0 Å². The summed E-state index contributed by atoms with van der Waals surface area (Å²) in [6.07, 6.45) is 3.38. The van der Waals surface area contributed by atoms with Crippen LogP contribution in [0.25, 0.3) is 0 Å². The van der Waals surface area contributed by atoms with E-state index in [4.69, 9.17) is 0 Å². The molecule has 0 aliphatic carbocycles. The molecule has 0 atom stereocenters. The van der Waals surface area contributed by atoms with Gasteiger partial charge in [0.25, 0.3) is 0 Å². The average molecular weight is 101 g/mol. The first-order valence-electron chi connectivity index (χ1n) is 2.18. The van der Waals surface area contributed by atoms with Crippen molar-refractivity contribution >= 4 is 19.0 Å². The SMILES string of the molecule is C[B]CCSC. The van der Waals surface area contributed by atoms with E-state index >= 15 is 0 Å². The van der Waals surface area contributed by atoms with Crippen LogP contribution in [0.4, 0.5) is 0 Å². The Morgan fingerprint density at radius 2 is 2.33 bits per heavy atom. The van der Waals surface area contributed by atoms with Crippen molar-refractivity contribution in [2.45, 2.75) is 13.1 Å². The molecule has 2 heteroatoms. The summed E-state index contributed by atoms with van der Waals surface area (Å²) in [7, 11) is 2.19. The molecule has 0 unspecified atom stereocenters. The van der Waals surface area contributed by atoms with Gasteiger partial charge in [0.15, 0.2) is 0 Å². The molecule has 0 nitrogen and oxygen atoms in total. The van der Waals surface area contributed by atoms with Gasteiger partial charge in [-0.05, 0) is 12.0 Å². The molecule has 0 saturated carbocycles. The molecule has 0 saturated heterocycles. The molecule has 35 valence electrons. The van der Waals surface area contributed by atoms with E-state index in [-0.39, 0.29) is 0 Å². The molecule has 0 amide bonds. The van der Waals surface area contributed by atoms with Crippen LogP contribution in [-0.2, 0) is 0 Å². The summed E-state index contributed by atoms with van der Waals surface area (Å²) in [5.41, 5.74) is 0. The predicted molar refractivity (Wildman–Crippen MR) is 34.8 cm³/mol. The zero-order valence-corrected chi connectivity index (χ0v) is 5.22. The smallest absolute Gasteiger partial charge is 0.106 e. The fraction of sp³-hybridized carbons (Fsp3) is 1.00. The second kappa shape index (κ2) is 5.41. The van der Waals surface area contributed by atoms with Crippen LogP contribution in [0.2, 0.25) is 13.1 Å². The number of hydrogen-bond acceptors (Lipinski definition) is 1. The minimum atomic E-state index is 1.25. The maximum absolute atomic E-state index is 2.19. The summed E-state index contributed by atoms with van der Waals surface area (Å²) in [6.45, 7) is 2.09. The van der Waals surface area contributed by atoms with Crippen molar-refractivity contribution in [1.82, 2.24) is 0 Å². The standard InChI is InChI=1S/C4H10BS/c1-5-3-4-6-2/h3-4H2,1-2H3. The van der Waals surface area contributed by atoms with Gasteiger partial charge in [-0.1, -0.05) is 13.1 Å². The van der Waals surface area contributed by atoms with E-state index in [2.05, 4.69) is 20.4 Å². The Morgan fingerprint density at radius 1 is 1.67 bits per heavy atom. The summed E-state index contributed by atoms with van der Waals surface area (Å²) in [6, 6.07) is 0.